The molecule has 0 atom stereocenters. The monoisotopic (exact) mass is 290 g/mol. The third-order valence-electron chi connectivity index (χ3n) is 3.55. The Morgan fingerprint density at radius 3 is 2.29 bits per heavy atom. The quantitative estimate of drug-likeness (QED) is 0.331. The van der Waals surface area contributed by atoms with Gasteiger partial charge in [-0.1, -0.05) is 51.9 Å². The predicted molar refractivity (Wildman–Crippen MR) is 92.3 cm³/mol. The lowest BCUT2D eigenvalue weighted by Crippen LogP contribution is -1.93. The first-order chi connectivity index (χ1) is 10.2. The summed E-state index contributed by atoms with van der Waals surface area (Å²) in [6.07, 6.45) is 15.6. The van der Waals surface area contributed by atoms with Gasteiger partial charge in [0.1, 0.15) is 5.75 Å². The van der Waals surface area contributed by atoms with Gasteiger partial charge in [0, 0.05) is 5.69 Å². The Morgan fingerprint density at radius 2 is 1.62 bits per heavy atom. The van der Waals surface area contributed by atoms with Crippen LogP contribution in [0, 0.1) is 0 Å². The summed E-state index contributed by atoms with van der Waals surface area (Å²) >= 11 is 0. The van der Waals surface area contributed by atoms with Crippen molar-refractivity contribution in [3.63, 3.8) is 0 Å². The molecule has 0 fully saturated rings. The van der Waals surface area contributed by atoms with Crippen molar-refractivity contribution >= 4 is 11.4 Å². The number of benzene rings is 1. The molecular formula is C18H30N2O. The summed E-state index contributed by atoms with van der Waals surface area (Å²) in [4.78, 5) is 0. The van der Waals surface area contributed by atoms with E-state index in [-0.39, 0.29) is 0 Å². The van der Waals surface area contributed by atoms with E-state index in [0.717, 1.165) is 6.42 Å². The van der Waals surface area contributed by atoms with Crippen molar-refractivity contribution in [2.45, 2.75) is 64.7 Å². The minimum atomic E-state index is 0.576. The van der Waals surface area contributed by atoms with Crippen LogP contribution in [0.4, 0.5) is 11.4 Å². The van der Waals surface area contributed by atoms with Gasteiger partial charge in [0.05, 0.1) is 11.9 Å². The number of ether oxygens (including phenoxy) is 1. The van der Waals surface area contributed by atoms with Crippen LogP contribution in [0.2, 0.25) is 0 Å². The highest BCUT2D eigenvalue weighted by Crippen LogP contribution is 2.23. The summed E-state index contributed by atoms with van der Waals surface area (Å²) in [6, 6.07) is 5.30. The maximum Gasteiger partial charge on any atom is 0.149 e. The van der Waals surface area contributed by atoms with Gasteiger partial charge < -0.3 is 16.2 Å². The van der Waals surface area contributed by atoms with Crippen LogP contribution in [-0.2, 0) is 0 Å². The van der Waals surface area contributed by atoms with Crippen LogP contribution in [0.15, 0.2) is 30.5 Å². The Kier molecular flexibility index (Phi) is 9.18. The molecule has 0 amide bonds. The Morgan fingerprint density at radius 1 is 0.952 bits per heavy atom. The summed E-state index contributed by atoms with van der Waals surface area (Å²) in [5.74, 6) is 0.663. The van der Waals surface area contributed by atoms with Crippen LogP contribution in [0.5, 0.6) is 5.75 Å². The van der Waals surface area contributed by atoms with Crippen molar-refractivity contribution in [1.82, 2.24) is 0 Å². The first kappa shape index (κ1) is 17.4. The van der Waals surface area contributed by atoms with E-state index in [9.17, 15) is 0 Å². The number of unbranched alkanes of at least 4 members (excludes halogenated alkanes) is 8. The van der Waals surface area contributed by atoms with E-state index in [1.165, 1.54) is 51.4 Å². The fraction of sp³-hybridized carbons (Fsp3) is 0.556. The molecule has 3 nitrogen and oxygen atoms in total. The zero-order valence-corrected chi connectivity index (χ0v) is 13.3. The predicted octanol–water partition coefficient (Wildman–Crippen LogP) is 5.27. The number of nitrogen functional groups attached to an aromatic ring is 2. The highest BCUT2D eigenvalue weighted by Gasteiger charge is 1.98. The molecule has 0 aromatic heterocycles. The van der Waals surface area contributed by atoms with E-state index < -0.39 is 0 Å². The molecule has 0 radical (unpaired) electrons. The average Bonchev–Trinajstić information content (AvgIpc) is 2.46. The largest absolute Gasteiger partial charge is 0.463 e. The van der Waals surface area contributed by atoms with Crippen molar-refractivity contribution < 1.29 is 4.74 Å². The molecule has 3 heteroatoms. The first-order valence-corrected chi connectivity index (χ1v) is 8.20. The maximum atomic E-state index is 5.81. The SMILES string of the molecule is CCCCCCCCCCC=COc1ccc(N)cc1N. The highest BCUT2D eigenvalue weighted by molar-refractivity contribution is 5.60. The minimum Gasteiger partial charge on any atom is -0.463 e. The molecule has 4 N–H and O–H groups in total. The van der Waals surface area contributed by atoms with Crippen molar-refractivity contribution in [3.05, 3.63) is 30.5 Å². The summed E-state index contributed by atoms with van der Waals surface area (Å²) in [5.41, 5.74) is 12.7. The van der Waals surface area contributed by atoms with Crippen molar-refractivity contribution in [1.29, 1.82) is 0 Å². The van der Waals surface area contributed by atoms with Crippen molar-refractivity contribution in [2.24, 2.45) is 0 Å². The molecule has 0 aliphatic carbocycles. The molecule has 1 aromatic rings. The molecule has 118 valence electrons. The summed E-state index contributed by atoms with van der Waals surface area (Å²) in [5, 5.41) is 0. The molecule has 1 rings (SSSR count). The standard InChI is InChI=1S/C18H30N2O/c1-2-3-4-5-6-7-8-9-10-11-14-21-18-13-12-16(19)15-17(18)20/h11-15H,2-10,19-20H2,1H3. The van der Waals surface area contributed by atoms with E-state index in [1.807, 2.05) is 0 Å². The average molecular weight is 290 g/mol. The number of allylic oxidation sites excluding steroid dienone is 1. The molecule has 0 unspecified atom stereocenters. The molecule has 0 heterocycles. The van der Waals surface area contributed by atoms with E-state index in [0.29, 0.717) is 17.1 Å². The molecule has 0 spiro atoms. The lowest BCUT2D eigenvalue weighted by atomic mass is 10.1. The van der Waals surface area contributed by atoms with Gasteiger partial charge in [-0.2, -0.15) is 0 Å². The van der Waals surface area contributed by atoms with Gasteiger partial charge in [-0.25, -0.2) is 0 Å². The normalized spacial score (nSPS) is 11.1. The van der Waals surface area contributed by atoms with Gasteiger partial charge in [0.2, 0.25) is 0 Å². The van der Waals surface area contributed by atoms with Crippen LogP contribution in [-0.4, -0.2) is 0 Å². The third-order valence-corrected chi connectivity index (χ3v) is 3.55. The first-order valence-electron chi connectivity index (χ1n) is 8.20. The van der Waals surface area contributed by atoms with Crippen LogP contribution in [0.3, 0.4) is 0 Å². The fourth-order valence-corrected chi connectivity index (χ4v) is 2.26. The van der Waals surface area contributed by atoms with Crippen LogP contribution < -0.4 is 16.2 Å². The Bertz CT molecular complexity index is 416. The van der Waals surface area contributed by atoms with Gasteiger partial charge >= 0.3 is 0 Å². The van der Waals surface area contributed by atoms with Crippen LogP contribution in [0.25, 0.3) is 0 Å². The summed E-state index contributed by atoms with van der Waals surface area (Å²) in [6.45, 7) is 2.26. The minimum absolute atomic E-state index is 0.576. The number of nitrogens with two attached hydrogens (primary N) is 2. The molecule has 0 saturated heterocycles. The zero-order chi connectivity index (χ0) is 15.3. The second-order valence-corrected chi connectivity index (χ2v) is 5.55. The van der Waals surface area contributed by atoms with E-state index in [1.54, 1.807) is 24.5 Å². The Balaban J connectivity index is 2.02. The van der Waals surface area contributed by atoms with E-state index >= 15 is 0 Å². The summed E-state index contributed by atoms with van der Waals surface area (Å²) in [7, 11) is 0. The molecule has 0 aliphatic rings. The molecule has 0 saturated carbocycles. The lowest BCUT2D eigenvalue weighted by Gasteiger charge is -2.04. The van der Waals surface area contributed by atoms with Gasteiger partial charge in [-0.3, -0.25) is 0 Å². The van der Waals surface area contributed by atoms with Gasteiger partial charge in [0.15, 0.2) is 0 Å². The Hall–Kier alpha value is -1.64. The van der Waals surface area contributed by atoms with Gasteiger partial charge in [0.25, 0.3) is 0 Å². The summed E-state index contributed by atoms with van der Waals surface area (Å²) < 4.78 is 5.50. The fourth-order valence-electron chi connectivity index (χ4n) is 2.26. The van der Waals surface area contributed by atoms with Gasteiger partial charge in [-0.05, 0) is 37.1 Å². The zero-order valence-electron chi connectivity index (χ0n) is 13.3. The number of rotatable bonds is 11. The molecular weight excluding hydrogens is 260 g/mol. The smallest absolute Gasteiger partial charge is 0.149 e. The lowest BCUT2D eigenvalue weighted by molar-refractivity contribution is 0.480. The topological polar surface area (TPSA) is 61.3 Å². The second-order valence-electron chi connectivity index (χ2n) is 5.55. The van der Waals surface area contributed by atoms with Crippen LogP contribution in [0.1, 0.15) is 64.7 Å². The highest BCUT2D eigenvalue weighted by atomic mass is 16.5. The number of hydrogen-bond acceptors (Lipinski definition) is 3. The maximum absolute atomic E-state index is 5.81. The molecule has 0 bridgehead atoms. The molecule has 1 aromatic carbocycles. The van der Waals surface area contributed by atoms with E-state index in [4.69, 9.17) is 16.2 Å². The molecule has 0 aliphatic heterocycles. The Labute approximate surface area is 129 Å². The van der Waals surface area contributed by atoms with Gasteiger partial charge in [-0.15, -0.1) is 0 Å². The van der Waals surface area contributed by atoms with Crippen molar-refractivity contribution in [3.8, 4) is 5.75 Å². The second kappa shape index (κ2) is 11.1. The number of anilines is 2. The van der Waals surface area contributed by atoms with Crippen LogP contribution >= 0.6 is 0 Å². The molecule has 21 heavy (non-hydrogen) atoms. The number of hydrogen-bond donors (Lipinski definition) is 2. The van der Waals surface area contributed by atoms with Crippen molar-refractivity contribution in [2.75, 3.05) is 11.5 Å². The van der Waals surface area contributed by atoms with E-state index in [2.05, 4.69) is 13.0 Å². The third kappa shape index (κ3) is 8.28.